The molecule has 1 atom stereocenters. The summed E-state index contributed by atoms with van der Waals surface area (Å²) in [6.07, 6.45) is 7.67. The van der Waals surface area contributed by atoms with Gasteiger partial charge in [0.15, 0.2) is 5.82 Å². The van der Waals surface area contributed by atoms with E-state index in [1.807, 2.05) is 22.9 Å². The number of hydrogen-bond donors (Lipinski definition) is 3. The molecule has 0 aliphatic carbocycles. The minimum absolute atomic E-state index is 0.142. The van der Waals surface area contributed by atoms with Crippen LogP contribution in [-0.4, -0.2) is 37.7 Å². The quantitative estimate of drug-likeness (QED) is 0.229. The molecule has 198 valence electrons. The maximum absolute atomic E-state index is 12.5. The van der Waals surface area contributed by atoms with Gasteiger partial charge in [0.2, 0.25) is 11.8 Å². The Hall–Kier alpha value is -4.20. The minimum atomic E-state index is -0.797. The number of aryl methyl sites for hydroxylation is 2. The molecule has 8 heteroatoms. The number of nitrogens with two attached hydrogens (primary N) is 1. The molecule has 4 N–H and O–H groups in total. The highest BCUT2D eigenvalue weighted by atomic mass is 16.3. The van der Waals surface area contributed by atoms with Crippen molar-refractivity contribution in [3.63, 3.8) is 0 Å². The number of rotatable bonds is 13. The first-order valence-electron chi connectivity index (χ1n) is 13.2. The third-order valence-electron chi connectivity index (χ3n) is 6.65. The van der Waals surface area contributed by atoms with Gasteiger partial charge in [0.25, 0.3) is 0 Å². The van der Waals surface area contributed by atoms with Crippen LogP contribution in [0.25, 0.3) is 16.6 Å². The van der Waals surface area contributed by atoms with Crippen molar-refractivity contribution < 1.29 is 14.7 Å². The maximum atomic E-state index is 12.5. The first-order valence-corrected chi connectivity index (χ1v) is 13.2. The number of carbonyl (C=O) groups excluding carboxylic acids is 2. The number of nitrogens with one attached hydrogen (secondary N) is 1. The van der Waals surface area contributed by atoms with E-state index >= 15 is 0 Å². The fraction of sp³-hybridized carbons (Fsp3) is 0.333. The van der Waals surface area contributed by atoms with Crippen molar-refractivity contribution in [2.75, 3.05) is 0 Å². The van der Waals surface area contributed by atoms with Gasteiger partial charge in [-0.3, -0.25) is 9.59 Å². The number of primary amides is 1. The predicted octanol–water partition coefficient (Wildman–Crippen LogP) is 4.39. The van der Waals surface area contributed by atoms with Crippen LogP contribution in [0.2, 0.25) is 0 Å². The Kier molecular flexibility index (Phi) is 9.08. The number of phenols is 1. The SMILES string of the molecule is CCCCc1nc(-n2nccc2CCCCC(=O)N[C@@H](Cc2ccc(O)cc2)C(N)=O)cc2ccccc12. The minimum Gasteiger partial charge on any atom is -0.508 e. The van der Waals surface area contributed by atoms with Crippen molar-refractivity contribution in [2.24, 2.45) is 5.73 Å². The van der Waals surface area contributed by atoms with Gasteiger partial charge in [-0.15, -0.1) is 0 Å². The first kappa shape index (κ1) is 26.9. The topological polar surface area (TPSA) is 123 Å². The molecule has 2 heterocycles. The second kappa shape index (κ2) is 12.9. The molecule has 2 aromatic carbocycles. The van der Waals surface area contributed by atoms with E-state index < -0.39 is 11.9 Å². The molecule has 8 nitrogen and oxygen atoms in total. The van der Waals surface area contributed by atoms with Crippen LogP contribution >= 0.6 is 0 Å². The Balaban J connectivity index is 1.34. The Labute approximate surface area is 222 Å². The van der Waals surface area contributed by atoms with E-state index in [2.05, 4.69) is 35.5 Å². The molecule has 0 aliphatic rings. The van der Waals surface area contributed by atoms with Crippen molar-refractivity contribution in [3.05, 3.63) is 83.8 Å². The molecule has 0 aliphatic heterocycles. The molecule has 0 saturated carbocycles. The van der Waals surface area contributed by atoms with Gasteiger partial charge in [-0.2, -0.15) is 5.10 Å². The number of aromatic hydroxyl groups is 1. The molecule has 38 heavy (non-hydrogen) atoms. The van der Waals surface area contributed by atoms with Crippen LogP contribution in [-0.2, 0) is 28.9 Å². The van der Waals surface area contributed by atoms with E-state index in [-0.39, 0.29) is 18.1 Å². The summed E-state index contributed by atoms with van der Waals surface area (Å²) < 4.78 is 1.89. The molecule has 4 rings (SSSR count). The monoisotopic (exact) mass is 513 g/mol. The van der Waals surface area contributed by atoms with Crippen LogP contribution in [0.3, 0.4) is 0 Å². The molecule has 0 saturated heterocycles. The molecule has 4 aromatic rings. The average Bonchev–Trinajstić information content (AvgIpc) is 3.39. The van der Waals surface area contributed by atoms with Crippen molar-refractivity contribution in [3.8, 4) is 11.6 Å². The fourth-order valence-electron chi connectivity index (χ4n) is 4.57. The Bertz CT molecular complexity index is 1380. The van der Waals surface area contributed by atoms with Crippen LogP contribution in [0.4, 0.5) is 0 Å². The lowest BCUT2D eigenvalue weighted by Crippen LogP contribution is -2.45. The molecule has 0 radical (unpaired) electrons. The smallest absolute Gasteiger partial charge is 0.240 e. The van der Waals surface area contributed by atoms with Gasteiger partial charge in [-0.05, 0) is 67.3 Å². The Morgan fingerprint density at radius 1 is 1.03 bits per heavy atom. The summed E-state index contributed by atoms with van der Waals surface area (Å²) in [6, 6.07) is 18.1. The third-order valence-corrected chi connectivity index (χ3v) is 6.65. The maximum Gasteiger partial charge on any atom is 0.240 e. The standard InChI is InChI=1S/C30H35N5O3/c1-2-3-11-26-25-10-6-4-8-22(25)20-28(33-26)35-23(17-18-32-35)9-5-7-12-29(37)34-27(30(31)38)19-21-13-15-24(36)16-14-21/h4,6,8,10,13-18,20,27,36H,2-3,5,7,9,11-12,19H2,1H3,(H2,31,38)(H,34,37)/t27-/m0/s1. The van der Waals surface area contributed by atoms with E-state index in [1.54, 1.807) is 30.5 Å². The molecule has 2 aromatic heterocycles. The third kappa shape index (κ3) is 6.97. The van der Waals surface area contributed by atoms with E-state index in [9.17, 15) is 14.7 Å². The zero-order chi connectivity index (χ0) is 26.9. The van der Waals surface area contributed by atoms with Crippen molar-refractivity contribution >= 4 is 22.6 Å². The molecule has 0 fully saturated rings. The number of aromatic nitrogens is 3. The van der Waals surface area contributed by atoms with E-state index in [4.69, 9.17) is 10.7 Å². The van der Waals surface area contributed by atoms with Gasteiger partial charge in [0.05, 0.1) is 5.69 Å². The van der Waals surface area contributed by atoms with E-state index in [0.29, 0.717) is 12.8 Å². The summed E-state index contributed by atoms with van der Waals surface area (Å²) in [5.74, 6) is 0.156. The normalized spacial score (nSPS) is 11.9. The summed E-state index contributed by atoms with van der Waals surface area (Å²) in [4.78, 5) is 29.3. The lowest BCUT2D eigenvalue weighted by atomic mass is 10.0. The van der Waals surface area contributed by atoms with Gasteiger partial charge in [0.1, 0.15) is 11.8 Å². The number of pyridine rings is 1. The second-order valence-electron chi connectivity index (χ2n) is 9.59. The number of amides is 2. The number of benzene rings is 2. The summed E-state index contributed by atoms with van der Waals surface area (Å²) in [6.45, 7) is 2.18. The van der Waals surface area contributed by atoms with Crippen molar-refractivity contribution in [1.82, 2.24) is 20.1 Å². The first-order chi connectivity index (χ1) is 18.4. The van der Waals surface area contributed by atoms with Crippen LogP contribution in [0.5, 0.6) is 5.75 Å². The number of hydrogen-bond acceptors (Lipinski definition) is 5. The number of phenolic OH excluding ortho intramolecular Hbond substituents is 1. The Morgan fingerprint density at radius 2 is 1.82 bits per heavy atom. The number of fused-ring (bicyclic) bond motifs is 1. The fourth-order valence-corrected chi connectivity index (χ4v) is 4.57. The van der Waals surface area contributed by atoms with Gasteiger partial charge >= 0.3 is 0 Å². The zero-order valence-electron chi connectivity index (χ0n) is 21.8. The second-order valence-corrected chi connectivity index (χ2v) is 9.59. The number of unbranched alkanes of at least 4 members (excludes halogenated alkanes) is 2. The van der Waals surface area contributed by atoms with Gasteiger partial charge in [-0.25, -0.2) is 9.67 Å². The molecule has 2 amide bonds. The van der Waals surface area contributed by atoms with Crippen molar-refractivity contribution in [1.29, 1.82) is 0 Å². The predicted molar refractivity (Wildman–Crippen MR) is 148 cm³/mol. The summed E-state index contributed by atoms with van der Waals surface area (Å²) in [5.41, 5.74) is 8.44. The summed E-state index contributed by atoms with van der Waals surface area (Å²) >= 11 is 0. The lowest BCUT2D eigenvalue weighted by Gasteiger charge is -2.16. The van der Waals surface area contributed by atoms with E-state index in [0.717, 1.165) is 60.3 Å². The molecule has 0 spiro atoms. The molecule has 0 bridgehead atoms. The summed E-state index contributed by atoms with van der Waals surface area (Å²) in [5, 5.41) is 19.1. The van der Waals surface area contributed by atoms with Crippen LogP contribution in [0.15, 0.2) is 66.9 Å². The average molecular weight is 514 g/mol. The molecular weight excluding hydrogens is 478 g/mol. The zero-order valence-corrected chi connectivity index (χ0v) is 21.8. The number of carbonyl (C=O) groups is 2. The van der Waals surface area contributed by atoms with Gasteiger partial charge in [0, 0.05) is 30.1 Å². The van der Waals surface area contributed by atoms with Crippen molar-refractivity contribution in [2.45, 2.75) is 64.3 Å². The Morgan fingerprint density at radius 3 is 2.58 bits per heavy atom. The molecular formula is C30H35N5O3. The highest BCUT2D eigenvalue weighted by Crippen LogP contribution is 2.23. The number of nitrogens with zero attached hydrogens (tertiary/aromatic N) is 3. The molecule has 0 unspecified atom stereocenters. The van der Waals surface area contributed by atoms with Crippen LogP contribution < -0.4 is 11.1 Å². The lowest BCUT2D eigenvalue weighted by molar-refractivity contribution is -0.127. The van der Waals surface area contributed by atoms with Crippen LogP contribution in [0, 0.1) is 0 Å². The van der Waals surface area contributed by atoms with Gasteiger partial charge < -0.3 is 16.2 Å². The largest absolute Gasteiger partial charge is 0.508 e. The summed E-state index contributed by atoms with van der Waals surface area (Å²) in [7, 11) is 0. The van der Waals surface area contributed by atoms with Crippen LogP contribution in [0.1, 0.15) is 56.0 Å². The highest BCUT2D eigenvalue weighted by Gasteiger charge is 2.18. The van der Waals surface area contributed by atoms with E-state index in [1.165, 1.54) is 5.39 Å². The van der Waals surface area contributed by atoms with Gasteiger partial charge in [-0.1, -0.05) is 49.7 Å². The highest BCUT2D eigenvalue weighted by molar-refractivity contribution is 5.87.